The van der Waals surface area contributed by atoms with Gasteiger partial charge in [0.1, 0.15) is 0 Å². The van der Waals surface area contributed by atoms with Crippen LogP contribution in [-0.2, 0) is 4.79 Å². The lowest BCUT2D eigenvalue weighted by molar-refractivity contribution is -0.121. The Kier molecular flexibility index (Phi) is 5.26. The van der Waals surface area contributed by atoms with Crippen LogP contribution in [0.1, 0.15) is 52.9 Å². The van der Waals surface area contributed by atoms with E-state index in [0.717, 1.165) is 16.7 Å². The van der Waals surface area contributed by atoms with Crippen molar-refractivity contribution < 1.29 is 19.1 Å². The van der Waals surface area contributed by atoms with Gasteiger partial charge in [0.05, 0.1) is 6.04 Å². The van der Waals surface area contributed by atoms with Crippen LogP contribution in [0.4, 0.5) is 0 Å². The first-order valence-corrected chi connectivity index (χ1v) is 8.73. The maximum absolute atomic E-state index is 12.4. The monoisotopic (exact) mass is 353 g/mol. The zero-order chi connectivity index (χ0) is 18.7. The highest BCUT2D eigenvalue weighted by molar-refractivity contribution is 5.99. The highest BCUT2D eigenvalue weighted by atomic mass is 16.7. The van der Waals surface area contributed by atoms with E-state index >= 15 is 0 Å². The largest absolute Gasteiger partial charge is 0.454 e. The predicted molar refractivity (Wildman–Crippen MR) is 98.6 cm³/mol. The Morgan fingerprint density at radius 3 is 2.62 bits per heavy atom. The van der Waals surface area contributed by atoms with Crippen molar-refractivity contribution in [3.63, 3.8) is 0 Å². The molecule has 0 aromatic heterocycles. The normalized spacial score (nSPS) is 13.3. The lowest BCUT2D eigenvalue weighted by Gasteiger charge is -2.15. The van der Waals surface area contributed by atoms with Gasteiger partial charge in [-0.2, -0.15) is 0 Å². The third kappa shape index (κ3) is 4.04. The average molecular weight is 353 g/mol. The molecule has 0 saturated carbocycles. The molecular weight excluding hydrogens is 330 g/mol. The van der Waals surface area contributed by atoms with Gasteiger partial charge in [-0.15, -0.1) is 0 Å². The van der Waals surface area contributed by atoms with Gasteiger partial charge in [0.15, 0.2) is 17.3 Å². The Balaban J connectivity index is 1.55. The second kappa shape index (κ2) is 7.60. The molecule has 1 N–H and O–H groups in total. The van der Waals surface area contributed by atoms with Crippen LogP contribution in [0.15, 0.2) is 36.4 Å². The summed E-state index contributed by atoms with van der Waals surface area (Å²) in [4.78, 5) is 24.6. The first-order valence-electron chi connectivity index (χ1n) is 8.73. The Bertz CT molecular complexity index is 844. The fraction of sp³-hybridized carbons (Fsp3) is 0.333. The molecule has 2 aromatic rings. The number of hydrogen-bond acceptors (Lipinski definition) is 4. The van der Waals surface area contributed by atoms with Crippen LogP contribution < -0.4 is 14.8 Å². The molecule has 1 aliphatic heterocycles. The van der Waals surface area contributed by atoms with Crippen molar-refractivity contribution in [2.24, 2.45) is 0 Å². The number of aryl methyl sites for hydroxylation is 2. The number of ketones is 1. The third-order valence-electron chi connectivity index (χ3n) is 4.55. The zero-order valence-electron chi connectivity index (χ0n) is 15.3. The molecule has 1 aliphatic rings. The maximum Gasteiger partial charge on any atom is 0.231 e. The molecule has 1 unspecified atom stereocenters. The van der Waals surface area contributed by atoms with E-state index in [1.807, 2.05) is 57.2 Å². The van der Waals surface area contributed by atoms with Gasteiger partial charge in [-0.25, -0.2) is 0 Å². The zero-order valence-corrected chi connectivity index (χ0v) is 15.3. The number of rotatable bonds is 6. The van der Waals surface area contributed by atoms with E-state index in [1.165, 1.54) is 0 Å². The lowest BCUT2D eigenvalue weighted by Crippen LogP contribution is -2.27. The van der Waals surface area contributed by atoms with Crippen LogP contribution in [0.2, 0.25) is 0 Å². The van der Waals surface area contributed by atoms with E-state index in [-0.39, 0.29) is 37.4 Å². The summed E-state index contributed by atoms with van der Waals surface area (Å²) in [7, 11) is 0. The predicted octanol–water partition coefficient (Wildman–Crippen LogP) is 3.87. The van der Waals surface area contributed by atoms with Crippen molar-refractivity contribution in [3.8, 4) is 11.5 Å². The highest BCUT2D eigenvalue weighted by Gasteiger charge is 2.17. The third-order valence-corrected chi connectivity index (χ3v) is 4.55. The Morgan fingerprint density at radius 1 is 1.04 bits per heavy atom. The molecule has 136 valence electrons. The fourth-order valence-electron chi connectivity index (χ4n) is 2.98. The van der Waals surface area contributed by atoms with E-state index in [1.54, 1.807) is 0 Å². The van der Waals surface area contributed by atoms with E-state index < -0.39 is 0 Å². The van der Waals surface area contributed by atoms with Crippen molar-refractivity contribution in [2.75, 3.05) is 6.79 Å². The second-order valence-electron chi connectivity index (χ2n) is 6.64. The van der Waals surface area contributed by atoms with E-state index in [4.69, 9.17) is 9.47 Å². The number of fused-ring (bicyclic) bond motifs is 1. The summed E-state index contributed by atoms with van der Waals surface area (Å²) in [6.45, 7) is 5.99. The van der Waals surface area contributed by atoms with E-state index in [9.17, 15) is 9.59 Å². The molecule has 3 rings (SSSR count). The molecule has 0 spiro atoms. The van der Waals surface area contributed by atoms with Crippen LogP contribution in [0.3, 0.4) is 0 Å². The van der Waals surface area contributed by atoms with Crippen molar-refractivity contribution in [1.29, 1.82) is 0 Å². The van der Waals surface area contributed by atoms with Crippen LogP contribution in [0.25, 0.3) is 0 Å². The van der Waals surface area contributed by atoms with E-state index in [2.05, 4.69) is 5.32 Å². The minimum Gasteiger partial charge on any atom is -0.454 e. The summed E-state index contributed by atoms with van der Waals surface area (Å²) < 4.78 is 10.7. The Morgan fingerprint density at radius 2 is 1.81 bits per heavy atom. The molecule has 1 heterocycles. The number of benzene rings is 2. The quantitative estimate of drug-likeness (QED) is 0.801. The standard InChI is InChI=1S/C21H23NO4/c1-13-4-5-14(2)17(10-13)18(23)7-9-21(24)22-15(3)16-6-8-19-20(11-16)26-12-25-19/h4-6,8,10-11,15H,7,9,12H2,1-3H3,(H,22,24). The van der Waals surface area contributed by atoms with Gasteiger partial charge in [-0.1, -0.05) is 23.8 Å². The summed E-state index contributed by atoms with van der Waals surface area (Å²) >= 11 is 0. The first-order chi connectivity index (χ1) is 12.4. The summed E-state index contributed by atoms with van der Waals surface area (Å²) in [5, 5.41) is 2.93. The number of ether oxygens (including phenoxy) is 2. The molecule has 0 bridgehead atoms. The molecular formula is C21H23NO4. The molecule has 26 heavy (non-hydrogen) atoms. The minimum atomic E-state index is -0.173. The highest BCUT2D eigenvalue weighted by Crippen LogP contribution is 2.34. The van der Waals surface area contributed by atoms with Gasteiger partial charge in [0.25, 0.3) is 0 Å². The van der Waals surface area contributed by atoms with E-state index in [0.29, 0.717) is 17.1 Å². The van der Waals surface area contributed by atoms with Crippen LogP contribution in [0.5, 0.6) is 11.5 Å². The molecule has 2 aromatic carbocycles. The number of nitrogens with one attached hydrogen (secondary N) is 1. The van der Waals surface area contributed by atoms with Gasteiger partial charge < -0.3 is 14.8 Å². The molecule has 0 aliphatic carbocycles. The number of Topliss-reactive ketones (excluding diaryl/α,β-unsaturated/α-hetero) is 1. The topological polar surface area (TPSA) is 64.6 Å². The molecule has 1 atom stereocenters. The molecule has 0 fully saturated rings. The number of carbonyl (C=O) groups is 2. The number of carbonyl (C=O) groups excluding carboxylic acids is 2. The Labute approximate surface area is 153 Å². The molecule has 5 heteroatoms. The Hall–Kier alpha value is -2.82. The molecule has 5 nitrogen and oxygen atoms in total. The van der Waals surface area contributed by atoms with Crippen LogP contribution in [-0.4, -0.2) is 18.5 Å². The molecule has 0 radical (unpaired) electrons. The van der Waals surface area contributed by atoms with Gasteiger partial charge >= 0.3 is 0 Å². The second-order valence-corrected chi connectivity index (χ2v) is 6.64. The van der Waals surface area contributed by atoms with Crippen molar-refractivity contribution in [3.05, 3.63) is 58.7 Å². The van der Waals surface area contributed by atoms with Crippen molar-refractivity contribution in [1.82, 2.24) is 5.32 Å². The summed E-state index contributed by atoms with van der Waals surface area (Å²) in [5.41, 5.74) is 3.61. The van der Waals surface area contributed by atoms with Crippen LogP contribution in [0, 0.1) is 13.8 Å². The van der Waals surface area contributed by atoms with Crippen LogP contribution >= 0.6 is 0 Å². The lowest BCUT2D eigenvalue weighted by atomic mass is 9.99. The first kappa shape index (κ1) is 18.0. The average Bonchev–Trinajstić information content (AvgIpc) is 3.09. The number of amides is 1. The molecule has 1 amide bonds. The molecule has 0 saturated heterocycles. The van der Waals surface area contributed by atoms with Gasteiger partial charge in [-0.3, -0.25) is 9.59 Å². The summed E-state index contributed by atoms with van der Waals surface area (Å²) in [6, 6.07) is 11.2. The summed E-state index contributed by atoms with van der Waals surface area (Å²) in [6.07, 6.45) is 0.366. The SMILES string of the molecule is Cc1ccc(C)c(C(=O)CCC(=O)NC(C)c2ccc3c(c2)OCO3)c1. The van der Waals surface area contributed by atoms with Gasteiger partial charge in [0, 0.05) is 18.4 Å². The minimum absolute atomic E-state index is 0.00270. The van der Waals surface area contributed by atoms with Gasteiger partial charge in [-0.05, 0) is 50.1 Å². The maximum atomic E-state index is 12.4. The van der Waals surface area contributed by atoms with Crippen molar-refractivity contribution >= 4 is 11.7 Å². The fourth-order valence-corrected chi connectivity index (χ4v) is 2.98. The number of hydrogen-bond donors (Lipinski definition) is 1. The van der Waals surface area contributed by atoms with Gasteiger partial charge in [0.2, 0.25) is 12.7 Å². The summed E-state index contributed by atoms with van der Waals surface area (Å²) in [5.74, 6) is 1.26. The smallest absolute Gasteiger partial charge is 0.231 e. The van der Waals surface area contributed by atoms with Crippen molar-refractivity contribution in [2.45, 2.75) is 39.7 Å².